The van der Waals surface area contributed by atoms with Crippen LogP contribution in [0, 0.1) is 0 Å². The van der Waals surface area contributed by atoms with Crippen molar-refractivity contribution in [2.75, 3.05) is 0 Å². The Morgan fingerprint density at radius 2 is 0.340 bits per heavy atom. The summed E-state index contributed by atoms with van der Waals surface area (Å²) in [6.45, 7) is 0. The summed E-state index contributed by atoms with van der Waals surface area (Å²) in [5, 5.41) is 0. The van der Waals surface area contributed by atoms with Crippen molar-refractivity contribution in [1.29, 1.82) is 0 Å². The Balaban J connectivity index is 0.00000392. The van der Waals surface area contributed by atoms with Gasteiger partial charge in [-0.3, -0.25) is 0 Å². The van der Waals surface area contributed by atoms with Gasteiger partial charge in [0.05, 0.1) is 0 Å². The second-order valence-electron chi connectivity index (χ2n) is 12.8. The van der Waals surface area contributed by atoms with Gasteiger partial charge in [0.15, 0.2) is 0 Å². The normalized spacial score (nSPS) is 11.0. The molecule has 0 fully saturated rings. The van der Waals surface area contributed by atoms with E-state index in [1.165, 1.54) is 66.4 Å². The van der Waals surface area contributed by atoms with Gasteiger partial charge in [-0.2, -0.15) is 21.9 Å². The summed E-state index contributed by atoms with van der Waals surface area (Å²) < 4.78 is 0. The van der Waals surface area contributed by atoms with Crippen LogP contribution in [-0.4, -0.2) is 6.15 Å². The van der Waals surface area contributed by atoms with E-state index >= 15 is 0 Å². The minimum Gasteiger partial charge on any atom is -0.195 e. The third kappa shape index (κ3) is 6.43. The summed E-state index contributed by atoms with van der Waals surface area (Å²) in [5.41, 5.74) is 14.9. The maximum atomic E-state index is 2.35. The summed E-state index contributed by atoms with van der Waals surface area (Å²) in [7, 11) is 0. The van der Waals surface area contributed by atoms with Crippen molar-refractivity contribution in [1.82, 2.24) is 0 Å². The summed E-state index contributed by atoms with van der Waals surface area (Å²) >= 11 is 0. The third-order valence-corrected chi connectivity index (χ3v) is 10.1. The van der Waals surface area contributed by atoms with E-state index in [1.54, 1.807) is 0 Å². The average molecular weight is 631 g/mol. The zero-order valence-corrected chi connectivity index (χ0v) is 28.4. The van der Waals surface area contributed by atoms with Crippen molar-refractivity contribution in [2.24, 2.45) is 0 Å². The summed E-state index contributed by atoms with van der Waals surface area (Å²) in [5.74, 6) is 0. The zero-order valence-electron chi connectivity index (χ0n) is 28.4. The van der Waals surface area contributed by atoms with Crippen LogP contribution in [0.2, 0.25) is 0 Å². The van der Waals surface area contributed by atoms with Gasteiger partial charge < -0.3 is 0 Å². The molecule has 0 N–H and O–H groups in total. The van der Waals surface area contributed by atoms with Crippen LogP contribution in [-0.2, 0) is 0 Å². The first-order chi connectivity index (χ1) is 24.3. The van der Waals surface area contributed by atoms with Crippen LogP contribution in [0.4, 0.5) is 0 Å². The van der Waals surface area contributed by atoms with Crippen LogP contribution in [0.15, 0.2) is 218 Å². The predicted molar refractivity (Wildman–Crippen MR) is 212 cm³/mol. The molecule has 0 aliphatic heterocycles. The Hall–Kier alpha value is -5.58. The fourth-order valence-electron chi connectivity index (χ4n) is 7.53. The number of hydrogen-bond acceptors (Lipinski definition) is 0. The quantitative estimate of drug-likeness (QED) is 0.163. The molecule has 50 heavy (non-hydrogen) atoms. The molecular formula is C48H36BLi. The van der Waals surface area contributed by atoms with Gasteiger partial charge in [-0.1, -0.05) is 218 Å². The Kier molecular flexibility index (Phi) is 9.82. The van der Waals surface area contributed by atoms with Crippen LogP contribution in [0.5, 0.6) is 0 Å². The molecule has 232 valence electrons. The Bertz CT molecular complexity index is 1910. The Morgan fingerprint density at radius 1 is 0.180 bits per heavy atom. The molecule has 8 aromatic rings. The first-order valence-corrected chi connectivity index (χ1v) is 17.1. The predicted octanol–water partition coefficient (Wildman–Crippen LogP) is 6.74. The Morgan fingerprint density at radius 3 is 0.520 bits per heavy atom. The maximum Gasteiger partial charge on any atom is 1.00 e. The minimum atomic E-state index is -1.57. The number of rotatable bonds is 8. The van der Waals surface area contributed by atoms with E-state index in [9.17, 15) is 0 Å². The van der Waals surface area contributed by atoms with E-state index in [0.29, 0.717) is 0 Å². The monoisotopic (exact) mass is 630 g/mol. The second-order valence-corrected chi connectivity index (χ2v) is 12.8. The second kappa shape index (κ2) is 14.9. The fraction of sp³-hybridized carbons (Fsp3) is 0. The SMILES string of the molecule is [Li+].c1ccc(-c2ccc([B-](c3ccc(-c4ccccc4)cc3)(c3ccc(-c4ccccc4)cc3)c3ccc(-c4ccccc4)cc3)cc2)cc1. The van der Waals surface area contributed by atoms with Crippen molar-refractivity contribution in [3.8, 4) is 44.5 Å². The third-order valence-electron chi connectivity index (χ3n) is 10.1. The first-order valence-electron chi connectivity index (χ1n) is 17.1. The molecule has 0 unspecified atom stereocenters. The average Bonchev–Trinajstić information content (AvgIpc) is 3.20. The Labute approximate surface area is 308 Å². The van der Waals surface area contributed by atoms with Crippen LogP contribution < -0.4 is 40.7 Å². The summed E-state index contributed by atoms with van der Waals surface area (Å²) in [6.07, 6.45) is -1.57. The molecule has 0 aliphatic carbocycles. The van der Waals surface area contributed by atoms with Crippen molar-refractivity contribution >= 4 is 28.0 Å². The molecule has 0 aliphatic rings. The molecule has 0 bridgehead atoms. The maximum absolute atomic E-state index is 2.35. The van der Waals surface area contributed by atoms with E-state index in [-0.39, 0.29) is 18.9 Å². The van der Waals surface area contributed by atoms with E-state index in [1.807, 2.05) is 0 Å². The number of hydrogen-bond donors (Lipinski definition) is 0. The van der Waals surface area contributed by atoms with Crippen molar-refractivity contribution in [3.05, 3.63) is 218 Å². The van der Waals surface area contributed by atoms with E-state index in [0.717, 1.165) is 0 Å². The molecule has 8 rings (SSSR count). The molecule has 0 nitrogen and oxygen atoms in total. The minimum absolute atomic E-state index is 0. The van der Waals surface area contributed by atoms with E-state index in [4.69, 9.17) is 0 Å². The van der Waals surface area contributed by atoms with Crippen LogP contribution in [0.3, 0.4) is 0 Å². The van der Waals surface area contributed by atoms with Crippen LogP contribution in [0.25, 0.3) is 44.5 Å². The largest absolute Gasteiger partial charge is 1.00 e. The van der Waals surface area contributed by atoms with Gasteiger partial charge in [0, 0.05) is 0 Å². The topological polar surface area (TPSA) is 0 Å². The van der Waals surface area contributed by atoms with Crippen molar-refractivity contribution in [3.63, 3.8) is 0 Å². The van der Waals surface area contributed by atoms with Crippen LogP contribution in [0.1, 0.15) is 0 Å². The molecular weight excluding hydrogens is 594 g/mol. The van der Waals surface area contributed by atoms with Gasteiger partial charge in [0.25, 0.3) is 0 Å². The smallest absolute Gasteiger partial charge is 0.195 e. The molecule has 0 heterocycles. The van der Waals surface area contributed by atoms with E-state index in [2.05, 4.69) is 218 Å². The molecule has 0 radical (unpaired) electrons. The molecule has 8 aromatic carbocycles. The molecule has 0 saturated carbocycles. The molecule has 0 amide bonds. The molecule has 0 spiro atoms. The molecule has 0 aromatic heterocycles. The molecule has 0 atom stereocenters. The van der Waals surface area contributed by atoms with Gasteiger partial charge in [0.2, 0.25) is 0 Å². The van der Waals surface area contributed by atoms with E-state index < -0.39 is 6.15 Å². The standard InChI is InChI=1S/C48H36B.Li/c1-5-13-37(14-6-1)41-21-29-45(30-22-41)49(46-31-23-42(24-32-46)38-15-7-2-8-16-38,47-33-25-43(26-34-47)39-17-9-3-10-18-39)48-35-27-44(28-36-48)40-19-11-4-12-20-40;/h1-36H;/q-1;+1. The summed E-state index contributed by atoms with van der Waals surface area (Å²) in [4.78, 5) is 0. The van der Waals surface area contributed by atoms with Gasteiger partial charge in [-0.15, -0.1) is 0 Å². The van der Waals surface area contributed by atoms with Gasteiger partial charge in [-0.05, 0) is 44.5 Å². The van der Waals surface area contributed by atoms with Gasteiger partial charge >= 0.3 is 18.9 Å². The number of benzene rings is 8. The zero-order chi connectivity index (χ0) is 32.9. The summed E-state index contributed by atoms with van der Waals surface area (Å²) in [6, 6.07) is 79.7. The molecule has 0 saturated heterocycles. The van der Waals surface area contributed by atoms with Crippen LogP contribution >= 0.6 is 0 Å². The first kappa shape index (κ1) is 32.9. The molecule has 2 heteroatoms. The van der Waals surface area contributed by atoms with Gasteiger partial charge in [-0.25, -0.2) is 0 Å². The van der Waals surface area contributed by atoms with Gasteiger partial charge in [0.1, 0.15) is 6.15 Å². The van der Waals surface area contributed by atoms with Crippen molar-refractivity contribution in [2.45, 2.75) is 0 Å². The fourth-order valence-corrected chi connectivity index (χ4v) is 7.53. The van der Waals surface area contributed by atoms with Crippen molar-refractivity contribution < 1.29 is 18.9 Å².